The number of hydrogen-bond acceptors (Lipinski definition) is 4. The summed E-state index contributed by atoms with van der Waals surface area (Å²) >= 11 is 0.509. The van der Waals surface area contributed by atoms with E-state index < -0.39 is 5.76 Å². The summed E-state index contributed by atoms with van der Waals surface area (Å²) in [6.07, 6.45) is 0. The lowest BCUT2D eigenvalue weighted by molar-refractivity contribution is -0.884. The number of thioether (sulfide) groups is 1. The average molecular weight is 393 g/mol. The Hall–Kier alpha value is -2.16. The first kappa shape index (κ1) is 19.6. The lowest BCUT2D eigenvalue weighted by Crippen LogP contribution is -3.12. The highest BCUT2D eigenvalue weighted by atomic mass is 32.2. The third-order valence-corrected chi connectivity index (χ3v) is 5.13. The van der Waals surface area contributed by atoms with E-state index in [1.807, 2.05) is 23.2 Å². The van der Waals surface area contributed by atoms with Gasteiger partial charge < -0.3 is 10.2 Å². The Morgan fingerprint density at radius 1 is 1.11 bits per heavy atom. The molecule has 1 heterocycles. The lowest BCUT2D eigenvalue weighted by Gasteiger charge is -2.30. The average Bonchev–Trinajstić information content (AvgIpc) is 2.65. The van der Waals surface area contributed by atoms with Gasteiger partial charge in [-0.25, -0.2) is 5.01 Å². The summed E-state index contributed by atoms with van der Waals surface area (Å²) < 4.78 is 24.8. The SMILES string of the molecule is C[NH+]1CCN(NC(=O)c2ccccc2Nc2ccc(SC(F)F)cc2)CC1. The van der Waals surface area contributed by atoms with Crippen molar-refractivity contribution in [3.63, 3.8) is 0 Å². The second-order valence-corrected chi connectivity index (χ2v) is 7.52. The molecule has 1 saturated heterocycles. The number of nitrogens with one attached hydrogen (secondary N) is 3. The number of halogens is 2. The molecule has 0 unspecified atom stereocenters. The number of carbonyl (C=O) groups excluding carboxylic acids is 1. The summed E-state index contributed by atoms with van der Waals surface area (Å²) in [6.45, 7) is 3.61. The summed E-state index contributed by atoms with van der Waals surface area (Å²) in [5, 5.41) is 5.14. The van der Waals surface area contributed by atoms with E-state index in [4.69, 9.17) is 0 Å². The van der Waals surface area contributed by atoms with E-state index >= 15 is 0 Å². The van der Waals surface area contributed by atoms with Gasteiger partial charge in [0.05, 0.1) is 44.5 Å². The zero-order chi connectivity index (χ0) is 19.2. The minimum atomic E-state index is -2.44. The molecule has 0 radical (unpaired) electrons. The molecule has 2 aromatic carbocycles. The number of anilines is 2. The first-order chi connectivity index (χ1) is 13.0. The fraction of sp³-hybridized carbons (Fsp3) is 0.316. The number of carbonyl (C=O) groups is 1. The van der Waals surface area contributed by atoms with Crippen molar-refractivity contribution in [2.24, 2.45) is 0 Å². The summed E-state index contributed by atoms with van der Waals surface area (Å²) in [4.78, 5) is 14.6. The van der Waals surface area contributed by atoms with Crippen molar-refractivity contribution in [3.8, 4) is 0 Å². The monoisotopic (exact) mass is 393 g/mol. The molecule has 0 aromatic heterocycles. The Kier molecular flexibility index (Phi) is 6.65. The van der Waals surface area contributed by atoms with E-state index in [0.29, 0.717) is 27.9 Å². The Morgan fingerprint density at radius 2 is 1.78 bits per heavy atom. The van der Waals surface area contributed by atoms with Gasteiger partial charge in [-0.15, -0.1) is 0 Å². The van der Waals surface area contributed by atoms with Crippen molar-refractivity contribution in [1.82, 2.24) is 10.4 Å². The number of piperazine rings is 1. The fourth-order valence-corrected chi connectivity index (χ4v) is 3.37. The molecule has 0 spiro atoms. The minimum Gasteiger partial charge on any atom is -0.355 e. The van der Waals surface area contributed by atoms with E-state index in [9.17, 15) is 13.6 Å². The molecule has 0 atom stereocenters. The highest BCUT2D eigenvalue weighted by Crippen LogP contribution is 2.27. The van der Waals surface area contributed by atoms with E-state index in [-0.39, 0.29) is 5.91 Å². The van der Waals surface area contributed by atoms with Crippen LogP contribution in [0.15, 0.2) is 53.4 Å². The van der Waals surface area contributed by atoms with Crippen LogP contribution in [0.3, 0.4) is 0 Å². The largest absolute Gasteiger partial charge is 0.355 e. The van der Waals surface area contributed by atoms with E-state index in [2.05, 4.69) is 17.8 Å². The van der Waals surface area contributed by atoms with Gasteiger partial charge in [-0.2, -0.15) is 8.78 Å². The van der Waals surface area contributed by atoms with Crippen LogP contribution < -0.4 is 15.6 Å². The molecule has 3 rings (SSSR count). The van der Waals surface area contributed by atoms with Crippen LogP contribution in [0.2, 0.25) is 0 Å². The predicted molar refractivity (Wildman–Crippen MR) is 104 cm³/mol. The molecule has 3 N–H and O–H groups in total. The third-order valence-electron chi connectivity index (χ3n) is 4.41. The molecule has 0 aliphatic carbocycles. The number of alkyl halides is 2. The van der Waals surface area contributed by atoms with Crippen molar-refractivity contribution < 1.29 is 18.5 Å². The van der Waals surface area contributed by atoms with Crippen molar-refractivity contribution in [2.45, 2.75) is 10.7 Å². The van der Waals surface area contributed by atoms with Crippen LogP contribution in [0, 0.1) is 0 Å². The second kappa shape index (κ2) is 9.16. The molecule has 1 aliphatic rings. The zero-order valence-electron chi connectivity index (χ0n) is 15.0. The number of para-hydroxylation sites is 1. The highest BCUT2D eigenvalue weighted by Gasteiger charge is 2.20. The quantitative estimate of drug-likeness (QED) is 0.659. The molecule has 1 amide bonds. The summed E-state index contributed by atoms with van der Waals surface area (Å²) in [5.41, 5.74) is 4.91. The number of quaternary nitrogens is 1. The van der Waals surface area contributed by atoms with Gasteiger partial charge in [0.15, 0.2) is 0 Å². The number of likely N-dealkylation sites (N-methyl/N-ethyl adjacent to an activating group) is 1. The summed E-state index contributed by atoms with van der Waals surface area (Å²) in [5.74, 6) is -2.60. The topological polar surface area (TPSA) is 48.8 Å². The predicted octanol–water partition coefficient (Wildman–Crippen LogP) is 2.22. The van der Waals surface area contributed by atoms with E-state index in [1.165, 1.54) is 4.90 Å². The third kappa shape index (κ3) is 5.66. The summed E-state index contributed by atoms with van der Waals surface area (Å²) in [6, 6.07) is 14.0. The first-order valence-corrected chi connectivity index (χ1v) is 9.67. The molecule has 27 heavy (non-hydrogen) atoms. The van der Waals surface area contributed by atoms with Gasteiger partial charge in [0.2, 0.25) is 0 Å². The zero-order valence-corrected chi connectivity index (χ0v) is 15.9. The van der Waals surface area contributed by atoms with Crippen molar-refractivity contribution >= 4 is 29.0 Å². The van der Waals surface area contributed by atoms with Gasteiger partial charge >= 0.3 is 0 Å². The van der Waals surface area contributed by atoms with Crippen molar-refractivity contribution in [3.05, 3.63) is 54.1 Å². The number of hydrogen-bond donors (Lipinski definition) is 3. The number of amides is 1. The molecule has 5 nitrogen and oxygen atoms in total. The first-order valence-electron chi connectivity index (χ1n) is 8.79. The maximum absolute atomic E-state index is 12.7. The lowest BCUT2D eigenvalue weighted by atomic mass is 10.1. The molecule has 0 saturated carbocycles. The normalized spacial score (nSPS) is 15.7. The molecule has 0 bridgehead atoms. The Bertz CT molecular complexity index is 765. The minimum absolute atomic E-state index is 0.164. The highest BCUT2D eigenvalue weighted by molar-refractivity contribution is 7.99. The molecule has 1 aliphatic heterocycles. The number of benzene rings is 2. The van der Waals surface area contributed by atoms with Crippen LogP contribution in [0.5, 0.6) is 0 Å². The Balaban J connectivity index is 1.67. The van der Waals surface area contributed by atoms with Gasteiger partial charge in [-0.05, 0) is 36.4 Å². The van der Waals surface area contributed by atoms with Gasteiger partial charge in [0.1, 0.15) is 0 Å². The van der Waals surface area contributed by atoms with Crippen LogP contribution >= 0.6 is 11.8 Å². The maximum atomic E-state index is 12.7. The molecular formula is C19H23F2N4OS+. The fourth-order valence-electron chi connectivity index (χ4n) is 2.87. The molecule has 2 aromatic rings. The molecule has 8 heteroatoms. The van der Waals surface area contributed by atoms with Gasteiger partial charge in [0.25, 0.3) is 11.7 Å². The van der Waals surface area contributed by atoms with Gasteiger partial charge in [-0.3, -0.25) is 10.2 Å². The van der Waals surface area contributed by atoms with Crippen LogP contribution in [-0.2, 0) is 0 Å². The van der Waals surface area contributed by atoms with Gasteiger partial charge in [-0.1, -0.05) is 23.9 Å². The number of hydrazine groups is 1. The number of nitrogens with zero attached hydrogens (tertiary/aromatic N) is 1. The summed E-state index contributed by atoms with van der Waals surface area (Å²) in [7, 11) is 2.14. The van der Waals surface area contributed by atoms with Gasteiger partial charge in [0, 0.05) is 10.6 Å². The van der Waals surface area contributed by atoms with Crippen LogP contribution in [0.4, 0.5) is 20.2 Å². The molecular weight excluding hydrogens is 370 g/mol. The van der Waals surface area contributed by atoms with Crippen LogP contribution in [0.25, 0.3) is 0 Å². The van der Waals surface area contributed by atoms with Crippen molar-refractivity contribution in [1.29, 1.82) is 0 Å². The standard InChI is InChI=1S/C19H22F2N4OS/c1-24-10-12-25(13-11-24)23-18(26)16-4-2-3-5-17(16)22-14-6-8-15(9-7-14)27-19(20)21/h2-9,19,22H,10-13H2,1H3,(H,23,26)/p+1. The molecule has 1 fully saturated rings. The van der Waals surface area contributed by atoms with Crippen LogP contribution in [0.1, 0.15) is 10.4 Å². The van der Waals surface area contributed by atoms with Crippen LogP contribution in [-0.4, -0.2) is 49.9 Å². The van der Waals surface area contributed by atoms with Crippen molar-refractivity contribution in [2.75, 3.05) is 38.5 Å². The Morgan fingerprint density at radius 3 is 2.44 bits per heavy atom. The maximum Gasteiger partial charge on any atom is 0.288 e. The van der Waals surface area contributed by atoms with E-state index in [1.54, 1.807) is 30.3 Å². The smallest absolute Gasteiger partial charge is 0.288 e. The molecule has 144 valence electrons. The second-order valence-electron chi connectivity index (χ2n) is 6.46. The Labute approximate surface area is 161 Å². The number of rotatable bonds is 6. The van der Waals surface area contributed by atoms with E-state index in [0.717, 1.165) is 31.9 Å².